The van der Waals surface area contributed by atoms with E-state index < -0.39 is 18.8 Å². The molecule has 3 aromatic carbocycles. The molecule has 1 atom stereocenters. The van der Waals surface area contributed by atoms with E-state index in [4.69, 9.17) is 18.8 Å². The smallest absolute Gasteiger partial charge is 0.408 e. The average Bonchev–Trinajstić information content (AvgIpc) is 3.59. The molecular weight excluding hydrogens is 550 g/mol. The minimum absolute atomic E-state index is 0.163. The molecule has 10 nitrogen and oxygen atoms in total. The third-order valence-electron chi connectivity index (χ3n) is 7.17. The summed E-state index contributed by atoms with van der Waals surface area (Å²) < 4.78 is 30.9. The summed E-state index contributed by atoms with van der Waals surface area (Å²) in [6.07, 6.45) is 1.57. The Bertz CT molecular complexity index is 1720. The SMILES string of the molecule is CCOB1OC(C)(C)c2cc(Nc3ncc(-c4nc(-c5ccc(F)cc5)no4)c(N[C@H](CO)c4ccccc4)n3)ccc21. The van der Waals surface area contributed by atoms with Crippen molar-refractivity contribution in [1.82, 2.24) is 20.1 Å². The molecule has 2 aromatic heterocycles. The third kappa shape index (κ3) is 5.98. The first kappa shape index (κ1) is 28.5. The van der Waals surface area contributed by atoms with E-state index in [0.29, 0.717) is 35.3 Å². The van der Waals surface area contributed by atoms with Crippen molar-refractivity contribution in [3.05, 3.63) is 95.9 Å². The number of aliphatic hydroxyl groups excluding tert-OH is 1. The van der Waals surface area contributed by atoms with E-state index in [1.54, 1.807) is 18.3 Å². The predicted octanol–water partition coefficient (Wildman–Crippen LogP) is 5.22. The number of halogens is 1. The minimum Gasteiger partial charge on any atom is -0.408 e. The van der Waals surface area contributed by atoms with Gasteiger partial charge < -0.3 is 29.6 Å². The molecule has 5 aromatic rings. The summed E-state index contributed by atoms with van der Waals surface area (Å²) in [7, 11) is -0.419. The molecule has 0 spiro atoms. The molecule has 0 aliphatic carbocycles. The summed E-state index contributed by atoms with van der Waals surface area (Å²) in [5.74, 6) is 0.776. The maximum atomic E-state index is 13.4. The fourth-order valence-electron chi connectivity index (χ4n) is 5.00. The average molecular weight is 580 g/mol. The lowest BCUT2D eigenvalue weighted by molar-refractivity contribution is 0.0867. The normalized spacial score (nSPS) is 14.4. The number of hydrogen-bond acceptors (Lipinski definition) is 10. The number of nitrogens with one attached hydrogen (secondary N) is 2. The van der Waals surface area contributed by atoms with Gasteiger partial charge in [-0.3, -0.25) is 0 Å². The molecule has 0 bridgehead atoms. The number of hydrogen-bond donors (Lipinski definition) is 3. The highest BCUT2D eigenvalue weighted by molar-refractivity contribution is 6.63. The van der Waals surface area contributed by atoms with Crippen LogP contribution in [0.1, 0.15) is 37.9 Å². The Labute approximate surface area is 248 Å². The summed E-state index contributed by atoms with van der Waals surface area (Å²) >= 11 is 0. The Kier molecular flexibility index (Phi) is 7.89. The molecule has 0 amide bonds. The van der Waals surface area contributed by atoms with Crippen molar-refractivity contribution in [2.45, 2.75) is 32.4 Å². The van der Waals surface area contributed by atoms with Gasteiger partial charge in [0.05, 0.1) is 18.2 Å². The number of nitrogens with zero attached hydrogens (tertiary/aromatic N) is 4. The van der Waals surface area contributed by atoms with E-state index in [9.17, 15) is 9.50 Å². The Morgan fingerprint density at radius 2 is 1.84 bits per heavy atom. The second-order valence-electron chi connectivity index (χ2n) is 10.5. The van der Waals surface area contributed by atoms with Crippen molar-refractivity contribution in [1.29, 1.82) is 0 Å². The standard InChI is InChI=1S/C31H30BFN6O4/c1-4-41-32-25-15-14-22(16-24(25)31(2,3)43-32)35-30-34-17-23(28(38-30)36-26(18-40)19-8-6-5-7-9-19)29-37-27(39-42-29)20-10-12-21(33)13-11-20/h5-17,26,40H,4,18H2,1-3H3,(H2,34,35,36,38)/t26-/m1/s1. The van der Waals surface area contributed by atoms with Crippen LogP contribution in [0.25, 0.3) is 22.8 Å². The number of aromatic nitrogens is 4. The largest absolute Gasteiger partial charge is 0.494 e. The summed E-state index contributed by atoms with van der Waals surface area (Å²) in [5.41, 5.74) is 4.12. The highest BCUT2D eigenvalue weighted by Crippen LogP contribution is 2.34. The summed E-state index contributed by atoms with van der Waals surface area (Å²) in [6.45, 7) is 6.30. The lowest BCUT2D eigenvalue weighted by Gasteiger charge is -2.21. The monoisotopic (exact) mass is 580 g/mol. The van der Waals surface area contributed by atoms with E-state index >= 15 is 0 Å². The van der Waals surface area contributed by atoms with Gasteiger partial charge in [-0.25, -0.2) is 9.37 Å². The van der Waals surface area contributed by atoms with Crippen molar-refractivity contribution in [2.75, 3.05) is 23.8 Å². The summed E-state index contributed by atoms with van der Waals surface area (Å²) in [5, 5.41) is 20.9. The zero-order valence-electron chi connectivity index (χ0n) is 23.9. The summed E-state index contributed by atoms with van der Waals surface area (Å²) in [4.78, 5) is 13.8. The molecule has 3 heterocycles. The van der Waals surface area contributed by atoms with Gasteiger partial charge in [0.2, 0.25) is 11.8 Å². The predicted molar refractivity (Wildman–Crippen MR) is 161 cm³/mol. The lowest BCUT2D eigenvalue weighted by Crippen LogP contribution is -2.32. The van der Waals surface area contributed by atoms with Gasteiger partial charge >= 0.3 is 7.12 Å². The maximum Gasteiger partial charge on any atom is 0.494 e. The molecule has 3 N–H and O–H groups in total. The fourth-order valence-corrected chi connectivity index (χ4v) is 5.00. The van der Waals surface area contributed by atoms with Gasteiger partial charge in [-0.1, -0.05) is 41.6 Å². The van der Waals surface area contributed by atoms with Crippen molar-refractivity contribution in [3.8, 4) is 22.8 Å². The van der Waals surface area contributed by atoms with Gasteiger partial charge in [-0.05, 0) is 73.8 Å². The van der Waals surface area contributed by atoms with E-state index in [2.05, 4.69) is 25.8 Å². The third-order valence-corrected chi connectivity index (χ3v) is 7.17. The molecule has 0 saturated heterocycles. The first-order valence-electron chi connectivity index (χ1n) is 13.9. The van der Waals surface area contributed by atoms with Crippen molar-refractivity contribution in [3.63, 3.8) is 0 Å². The zero-order valence-corrected chi connectivity index (χ0v) is 23.9. The molecule has 12 heteroatoms. The Hall–Kier alpha value is -4.65. The molecule has 0 unspecified atom stereocenters. The van der Waals surface area contributed by atoms with Crippen LogP contribution < -0.4 is 16.1 Å². The lowest BCUT2D eigenvalue weighted by atomic mass is 9.77. The van der Waals surface area contributed by atoms with Gasteiger partial charge in [-0.2, -0.15) is 9.97 Å². The maximum absolute atomic E-state index is 13.4. The molecular formula is C31H30BFN6O4. The van der Waals surface area contributed by atoms with Crippen LogP contribution in [0, 0.1) is 5.82 Å². The molecule has 0 radical (unpaired) electrons. The number of benzene rings is 3. The molecule has 1 aliphatic heterocycles. The molecule has 43 heavy (non-hydrogen) atoms. The number of aliphatic hydroxyl groups is 1. The topological polar surface area (TPSA) is 127 Å². The van der Waals surface area contributed by atoms with Gasteiger partial charge in [0.15, 0.2) is 0 Å². The Balaban J connectivity index is 1.34. The van der Waals surface area contributed by atoms with Crippen molar-refractivity contribution in [2.24, 2.45) is 0 Å². The van der Waals surface area contributed by atoms with Crippen LogP contribution in [0.4, 0.5) is 21.8 Å². The second kappa shape index (κ2) is 11.9. The van der Waals surface area contributed by atoms with Gasteiger partial charge in [-0.15, -0.1) is 0 Å². The van der Waals surface area contributed by atoms with Crippen LogP contribution in [-0.2, 0) is 14.9 Å². The van der Waals surface area contributed by atoms with Crippen LogP contribution in [0.2, 0.25) is 0 Å². The van der Waals surface area contributed by atoms with Crippen LogP contribution in [0.15, 0.2) is 83.5 Å². The zero-order chi connectivity index (χ0) is 30.0. The van der Waals surface area contributed by atoms with Crippen molar-refractivity contribution >= 4 is 30.0 Å². The molecule has 0 saturated carbocycles. The van der Waals surface area contributed by atoms with Crippen molar-refractivity contribution < 1.29 is 23.3 Å². The van der Waals surface area contributed by atoms with E-state index in [0.717, 1.165) is 22.3 Å². The molecule has 1 aliphatic rings. The van der Waals surface area contributed by atoms with Crippen LogP contribution >= 0.6 is 0 Å². The molecule has 218 valence electrons. The highest BCUT2D eigenvalue weighted by Gasteiger charge is 2.42. The van der Waals surface area contributed by atoms with Gasteiger partial charge in [0.25, 0.3) is 5.89 Å². The summed E-state index contributed by atoms with van der Waals surface area (Å²) in [6, 6.07) is 20.8. The Morgan fingerprint density at radius 3 is 2.58 bits per heavy atom. The first-order valence-corrected chi connectivity index (χ1v) is 13.9. The van der Waals surface area contributed by atoms with Crippen LogP contribution in [-0.4, -0.2) is 45.5 Å². The van der Waals surface area contributed by atoms with E-state index in [1.807, 2.05) is 69.3 Å². The molecule has 6 rings (SSSR count). The quantitative estimate of drug-likeness (QED) is 0.189. The first-order chi connectivity index (χ1) is 20.8. The van der Waals surface area contributed by atoms with Gasteiger partial charge in [0, 0.05) is 24.1 Å². The van der Waals surface area contributed by atoms with E-state index in [1.165, 1.54) is 12.1 Å². The van der Waals surface area contributed by atoms with Crippen LogP contribution in [0.3, 0.4) is 0 Å². The minimum atomic E-state index is -0.533. The number of fused-ring (bicyclic) bond motifs is 1. The van der Waals surface area contributed by atoms with Gasteiger partial charge in [0.1, 0.15) is 17.2 Å². The van der Waals surface area contributed by atoms with Crippen LogP contribution in [0.5, 0.6) is 0 Å². The number of rotatable bonds is 10. The highest BCUT2D eigenvalue weighted by atomic mass is 19.1. The Morgan fingerprint density at radius 1 is 1.05 bits per heavy atom. The van der Waals surface area contributed by atoms with E-state index in [-0.39, 0.29) is 18.3 Å². The molecule has 0 fully saturated rings. The second-order valence-corrected chi connectivity index (χ2v) is 10.5. The fraction of sp³-hybridized carbons (Fsp3) is 0.226. The number of anilines is 3.